The van der Waals surface area contributed by atoms with Crippen LogP contribution < -0.4 is 11.5 Å². The van der Waals surface area contributed by atoms with E-state index in [0.29, 0.717) is 6.54 Å². The minimum atomic E-state index is -0.833. The topological polar surface area (TPSA) is 201 Å². The minimum Gasteiger partial charge on any atom is -0.481 e. The predicted molar refractivity (Wildman–Crippen MR) is 85.2 cm³/mol. The number of hydrogen-bond donors (Lipinski definition) is 6. The lowest BCUT2D eigenvalue weighted by Gasteiger charge is -2.03. The van der Waals surface area contributed by atoms with Gasteiger partial charge in [0.1, 0.15) is 0 Å². The Morgan fingerprint density at radius 1 is 0.783 bits per heavy atom. The zero-order valence-corrected chi connectivity index (χ0v) is 14.3. The van der Waals surface area contributed by atoms with E-state index in [-0.39, 0.29) is 6.04 Å². The van der Waals surface area contributed by atoms with Gasteiger partial charge in [-0.05, 0) is 6.42 Å². The van der Waals surface area contributed by atoms with Crippen molar-refractivity contribution >= 4 is 23.9 Å². The van der Waals surface area contributed by atoms with E-state index in [1.807, 2.05) is 0 Å². The Morgan fingerprint density at radius 3 is 1.00 bits per heavy atom. The summed E-state index contributed by atoms with van der Waals surface area (Å²) in [6.07, 6.45) is 2.19. The molecule has 1 atom stereocenters. The van der Waals surface area contributed by atoms with Gasteiger partial charge in [-0.1, -0.05) is 13.3 Å². The lowest BCUT2D eigenvalue weighted by atomic mass is 10.2. The van der Waals surface area contributed by atoms with E-state index in [9.17, 15) is 0 Å². The molecule has 0 aliphatic rings. The van der Waals surface area contributed by atoms with Crippen LogP contribution in [0, 0.1) is 0 Å². The zero-order valence-electron chi connectivity index (χ0n) is 14.3. The first kappa shape index (κ1) is 32.7. The summed E-state index contributed by atoms with van der Waals surface area (Å²) in [6, 6.07) is 0.227. The molecular formula is C13H30N2O8. The lowest BCUT2D eigenvalue weighted by molar-refractivity contribution is -0.135. The van der Waals surface area contributed by atoms with Gasteiger partial charge in [-0.2, -0.15) is 0 Å². The number of nitrogens with two attached hydrogens (primary N) is 2. The molecule has 0 radical (unpaired) electrons. The molecule has 0 aromatic rings. The van der Waals surface area contributed by atoms with Gasteiger partial charge in [-0.25, -0.2) is 0 Å². The number of carbonyl (C=O) groups is 4. The van der Waals surface area contributed by atoms with Crippen LogP contribution in [0.4, 0.5) is 0 Å². The Morgan fingerprint density at radius 2 is 0.957 bits per heavy atom. The molecule has 0 amide bonds. The SMILES string of the molecule is CC(=O)O.CC(=O)O.CC(=O)O.CC(=O)O.CCCC(N)CN. The van der Waals surface area contributed by atoms with Gasteiger partial charge in [0.05, 0.1) is 0 Å². The largest absolute Gasteiger partial charge is 0.481 e. The molecule has 8 N–H and O–H groups in total. The fourth-order valence-electron chi connectivity index (χ4n) is 0.489. The number of carboxylic acids is 4. The van der Waals surface area contributed by atoms with Gasteiger partial charge in [0.25, 0.3) is 23.9 Å². The van der Waals surface area contributed by atoms with Crippen LogP contribution in [0.25, 0.3) is 0 Å². The van der Waals surface area contributed by atoms with E-state index in [4.69, 9.17) is 51.1 Å². The van der Waals surface area contributed by atoms with Gasteiger partial charge in [-0.15, -0.1) is 0 Å². The number of hydrogen-bond acceptors (Lipinski definition) is 6. The van der Waals surface area contributed by atoms with E-state index in [1.54, 1.807) is 0 Å². The van der Waals surface area contributed by atoms with Crippen molar-refractivity contribution in [1.82, 2.24) is 0 Å². The zero-order chi connectivity index (χ0) is 20.0. The smallest absolute Gasteiger partial charge is 0.300 e. The predicted octanol–water partition coefficient (Wildman–Crippen LogP) is 0.436. The molecule has 0 saturated carbocycles. The fourth-order valence-corrected chi connectivity index (χ4v) is 0.489. The maximum atomic E-state index is 9.00. The first-order chi connectivity index (χ1) is 10.2. The average molecular weight is 342 g/mol. The Kier molecular flexibility index (Phi) is 39.8. The lowest BCUT2D eigenvalue weighted by Crippen LogP contribution is -2.28. The first-order valence-corrected chi connectivity index (χ1v) is 6.48. The van der Waals surface area contributed by atoms with Gasteiger partial charge in [0.15, 0.2) is 0 Å². The number of rotatable bonds is 3. The minimum absolute atomic E-state index is 0.227. The third-order valence-corrected chi connectivity index (χ3v) is 0.962. The van der Waals surface area contributed by atoms with Crippen molar-refractivity contribution in [3.63, 3.8) is 0 Å². The standard InChI is InChI=1S/C5H14N2.4C2H4O2/c1-2-3-5(7)4-6;4*1-2(3)4/h5H,2-4,6-7H2,1H3;4*1H3,(H,3,4). The van der Waals surface area contributed by atoms with Crippen molar-refractivity contribution in [3.05, 3.63) is 0 Å². The summed E-state index contributed by atoms with van der Waals surface area (Å²) < 4.78 is 0. The van der Waals surface area contributed by atoms with Gasteiger partial charge in [-0.3, -0.25) is 19.2 Å². The van der Waals surface area contributed by atoms with Crippen molar-refractivity contribution in [2.24, 2.45) is 11.5 Å². The Bertz CT molecular complexity index is 244. The second-order valence-corrected chi connectivity index (χ2v) is 3.86. The molecule has 140 valence electrons. The van der Waals surface area contributed by atoms with Gasteiger partial charge in [0, 0.05) is 40.3 Å². The molecule has 0 aromatic carbocycles. The Labute approximate surface area is 136 Å². The Balaban J connectivity index is -0.0000000604. The highest BCUT2D eigenvalue weighted by Crippen LogP contribution is 1.88. The monoisotopic (exact) mass is 342 g/mol. The van der Waals surface area contributed by atoms with Crippen LogP contribution in [-0.4, -0.2) is 56.9 Å². The van der Waals surface area contributed by atoms with Crippen LogP contribution in [0.3, 0.4) is 0 Å². The van der Waals surface area contributed by atoms with E-state index < -0.39 is 23.9 Å². The molecule has 0 heterocycles. The highest BCUT2D eigenvalue weighted by Gasteiger charge is 1.93. The summed E-state index contributed by atoms with van der Waals surface area (Å²) >= 11 is 0. The maximum absolute atomic E-state index is 9.00. The van der Waals surface area contributed by atoms with Crippen molar-refractivity contribution in [2.75, 3.05) is 6.54 Å². The maximum Gasteiger partial charge on any atom is 0.300 e. The van der Waals surface area contributed by atoms with Crippen molar-refractivity contribution in [2.45, 2.75) is 53.5 Å². The molecule has 0 bridgehead atoms. The molecule has 23 heavy (non-hydrogen) atoms. The van der Waals surface area contributed by atoms with Crippen LogP contribution in [-0.2, 0) is 19.2 Å². The third kappa shape index (κ3) is 800. The van der Waals surface area contributed by atoms with Crippen LogP contribution in [0.5, 0.6) is 0 Å². The molecule has 0 aliphatic carbocycles. The molecule has 10 heteroatoms. The molecule has 0 aliphatic heterocycles. The first-order valence-electron chi connectivity index (χ1n) is 6.48. The normalized spacial score (nSPS) is 8.65. The Hall–Kier alpha value is -2.20. The van der Waals surface area contributed by atoms with Crippen LogP contribution in [0.1, 0.15) is 47.5 Å². The second kappa shape index (κ2) is 28.0. The molecule has 0 aromatic heterocycles. The van der Waals surface area contributed by atoms with E-state index in [2.05, 4.69) is 6.92 Å². The van der Waals surface area contributed by atoms with Crippen molar-refractivity contribution in [1.29, 1.82) is 0 Å². The highest BCUT2D eigenvalue weighted by molar-refractivity contribution is 5.63. The van der Waals surface area contributed by atoms with Crippen molar-refractivity contribution < 1.29 is 39.6 Å². The summed E-state index contributed by atoms with van der Waals surface area (Å²) in [5.74, 6) is -3.33. The van der Waals surface area contributed by atoms with Gasteiger partial charge >= 0.3 is 0 Å². The summed E-state index contributed by atoms with van der Waals surface area (Å²) in [4.78, 5) is 36.0. The molecule has 0 rings (SSSR count). The quantitative estimate of drug-likeness (QED) is 0.417. The third-order valence-electron chi connectivity index (χ3n) is 0.962. The van der Waals surface area contributed by atoms with Crippen LogP contribution >= 0.6 is 0 Å². The average Bonchev–Trinajstić information content (AvgIpc) is 2.26. The molecular weight excluding hydrogens is 312 g/mol. The van der Waals surface area contributed by atoms with E-state index >= 15 is 0 Å². The molecule has 0 spiro atoms. The number of aliphatic carboxylic acids is 4. The van der Waals surface area contributed by atoms with E-state index in [1.165, 1.54) is 0 Å². The summed E-state index contributed by atoms with van der Waals surface area (Å²) in [7, 11) is 0. The van der Waals surface area contributed by atoms with E-state index in [0.717, 1.165) is 40.5 Å². The molecule has 0 saturated heterocycles. The molecule has 10 nitrogen and oxygen atoms in total. The van der Waals surface area contributed by atoms with Crippen LogP contribution in [0.15, 0.2) is 0 Å². The fraction of sp³-hybridized carbons (Fsp3) is 0.692. The summed E-state index contributed by atoms with van der Waals surface area (Å²) in [5, 5.41) is 29.7. The second-order valence-electron chi connectivity index (χ2n) is 3.86. The highest BCUT2D eigenvalue weighted by atomic mass is 16.4. The van der Waals surface area contributed by atoms with Crippen molar-refractivity contribution in [3.8, 4) is 0 Å². The van der Waals surface area contributed by atoms with Crippen LogP contribution in [0.2, 0.25) is 0 Å². The molecule has 0 fully saturated rings. The summed E-state index contributed by atoms with van der Waals surface area (Å²) in [5.41, 5.74) is 10.7. The number of carboxylic acid groups (broad SMARTS) is 4. The molecule has 1 unspecified atom stereocenters. The summed E-state index contributed by atoms with van der Waals surface area (Å²) in [6.45, 7) is 7.06. The van der Waals surface area contributed by atoms with Gasteiger partial charge < -0.3 is 31.9 Å². The van der Waals surface area contributed by atoms with Gasteiger partial charge in [0.2, 0.25) is 0 Å².